The number of thiazole rings is 1. The molecule has 3 nitrogen and oxygen atoms in total. The minimum atomic E-state index is 0.549. The van der Waals surface area contributed by atoms with Crippen LogP contribution in [0.15, 0.2) is 5.38 Å². The largest absolute Gasteiger partial charge is 0.375 e. The number of nitrogen functional groups attached to an aromatic ring is 1. The van der Waals surface area contributed by atoms with Gasteiger partial charge < -0.3 is 5.73 Å². The van der Waals surface area contributed by atoms with Crippen LogP contribution < -0.4 is 5.73 Å². The van der Waals surface area contributed by atoms with E-state index in [-0.39, 0.29) is 0 Å². The molecule has 0 bridgehead atoms. The predicted molar refractivity (Wildman–Crippen MR) is 53.1 cm³/mol. The van der Waals surface area contributed by atoms with Crippen molar-refractivity contribution in [3.05, 3.63) is 11.1 Å². The smallest absolute Gasteiger partial charge is 0.180 e. The van der Waals surface area contributed by atoms with Crippen LogP contribution in [0.2, 0.25) is 0 Å². The highest BCUT2D eigenvalue weighted by atomic mass is 32.1. The lowest BCUT2D eigenvalue weighted by Gasteiger charge is -2.19. The number of nitrogens with zero attached hydrogens (tertiary/aromatic N) is 2. The number of nitrogens with two attached hydrogens (primary N) is 1. The number of aromatic nitrogens is 1. The van der Waals surface area contributed by atoms with E-state index in [1.807, 2.05) is 5.38 Å². The zero-order chi connectivity index (χ0) is 9.14. The molecule has 0 atom stereocenters. The van der Waals surface area contributed by atoms with Crippen molar-refractivity contribution < 1.29 is 0 Å². The van der Waals surface area contributed by atoms with Gasteiger partial charge in [-0.15, -0.1) is 11.3 Å². The molecule has 2 N–H and O–H groups in total. The molecule has 0 fully saturated rings. The van der Waals surface area contributed by atoms with Crippen LogP contribution >= 0.6 is 11.3 Å². The lowest BCUT2D eigenvalue weighted by molar-refractivity contribution is 0.263. The van der Waals surface area contributed by atoms with Crippen molar-refractivity contribution in [2.45, 2.75) is 26.4 Å². The molecule has 1 rings (SSSR count). The van der Waals surface area contributed by atoms with Crippen LogP contribution in [0.1, 0.15) is 19.5 Å². The molecule has 12 heavy (non-hydrogen) atoms. The molecule has 0 saturated carbocycles. The average molecular weight is 185 g/mol. The summed E-state index contributed by atoms with van der Waals surface area (Å²) in [7, 11) is 2.08. The first-order chi connectivity index (χ1) is 5.59. The normalized spacial score (nSPS) is 11.4. The SMILES string of the molecule is CC(C)N(C)Cc1csc(N)n1. The van der Waals surface area contributed by atoms with E-state index in [4.69, 9.17) is 5.73 Å². The standard InChI is InChI=1S/C8H15N3S/c1-6(2)11(3)4-7-5-12-8(9)10-7/h5-6H,4H2,1-3H3,(H2,9,10). The molecule has 1 heterocycles. The van der Waals surface area contributed by atoms with Crippen LogP contribution in [0, 0.1) is 0 Å². The van der Waals surface area contributed by atoms with E-state index in [9.17, 15) is 0 Å². The Morgan fingerprint density at radius 2 is 2.33 bits per heavy atom. The molecule has 68 valence electrons. The van der Waals surface area contributed by atoms with Gasteiger partial charge >= 0.3 is 0 Å². The molecule has 0 spiro atoms. The Morgan fingerprint density at radius 1 is 1.67 bits per heavy atom. The van der Waals surface area contributed by atoms with Crippen molar-refractivity contribution in [3.8, 4) is 0 Å². The van der Waals surface area contributed by atoms with Gasteiger partial charge in [0.1, 0.15) is 0 Å². The van der Waals surface area contributed by atoms with Crippen molar-refractivity contribution in [1.82, 2.24) is 9.88 Å². The first-order valence-corrected chi connectivity index (χ1v) is 4.87. The Morgan fingerprint density at radius 3 is 2.75 bits per heavy atom. The van der Waals surface area contributed by atoms with E-state index >= 15 is 0 Å². The van der Waals surface area contributed by atoms with Crippen molar-refractivity contribution in [2.75, 3.05) is 12.8 Å². The fourth-order valence-electron chi connectivity index (χ4n) is 0.833. The molecule has 0 amide bonds. The monoisotopic (exact) mass is 185 g/mol. The molecular formula is C8H15N3S. The third-order valence-corrected chi connectivity index (χ3v) is 2.59. The second kappa shape index (κ2) is 3.87. The zero-order valence-electron chi connectivity index (χ0n) is 7.74. The van der Waals surface area contributed by atoms with Gasteiger partial charge in [-0.1, -0.05) is 0 Å². The minimum Gasteiger partial charge on any atom is -0.375 e. The van der Waals surface area contributed by atoms with E-state index in [2.05, 4.69) is 30.8 Å². The molecule has 0 aliphatic heterocycles. The summed E-state index contributed by atoms with van der Waals surface area (Å²) in [5, 5.41) is 2.66. The topological polar surface area (TPSA) is 42.1 Å². The number of hydrogen-bond acceptors (Lipinski definition) is 4. The van der Waals surface area contributed by atoms with Gasteiger partial charge in [-0.2, -0.15) is 0 Å². The molecule has 4 heteroatoms. The van der Waals surface area contributed by atoms with Crippen molar-refractivity contribution in [1.29, 1.82) is 0 Å². The summed E-state index contributed by atoms with van der Waals surface area (Å²) in [5.41, 5.74) is 6.58. The van der Waals surface area contributed by atoms with E-state index < -0.39 is 0 Å². The number of anilines is 1. The lowest BCUT2D eigenvalue weighted by atomic mass is 10.3. The van der Waals surface area contributed by atoms with E-state index in [0.29, 0.717) is 11.2 Å². The van der Waals surface area contributed by atoms with Gasteiger partial charge in [0.05, 0.1) is 5.69 Å². The summed E-state index contributed by atoms with van der Waals surface area (Å²) in [6.45, 7) is 5.21. The molecule has 0 unspecified atom stereocenters. The third kappa shape index (κ3) is 2.46. The fraction of sp³-hybridized carbons (Fsp3) is 0.625. The molecule has 0 aromatic carbocycles. The lowest BCUT2D eigenvalue weighted by Crippen LogP contribution is -2.25. The van der Waals surface area contributed by atoms with Gasteiger partial charge in [0.15, 0.2) is 5.13 Å². The summed E-state index contributed by atoms with van der Waals surface area (Å²) in [5.74, 6) is 0. The molecule has 0 radical (unpaired) electrons. The van der Waals surface area contributed by atoms with Crippen LogP contribution in [0.25, 0.3) is 0 Å². The molecule has 0 aliphatic carbocycles. The van der Waals surface area contributed by atoms with Gasteiger partial charge in [0, 0.05) is 18.0 Å². The summed E-state index contributed by atoms with van der Waals surface area (Å²) in [6, 6.07) is 0.549. The van der Waals surface area contributed by atoms with E-state index in [0.717, 1.165) is 12.2 Å². The number of rotatable bonds is 3. The zero-order valence-corrected chi connectivity index (χ0v) is 8.56. The highest BCUT2D eigenvalue weighted by Crippen LogP contribution is 2.13. The Hall–Kier alpha value is -0.610. The van der Waals surface area contributed by atoms with Gasteiger partial charge in [0.25, 0.3) is 0 Å². The van der Waals surface area contributed by atoms with Gasteiger partial charge in [-0.25, -0.2) is 4.98 Å². The highest BCUT2D eigenvalue weighted by molar-refractivity contribution is 7.13. The van der Waals surface area contributed by atoms with Gasteiger partial charge in [-0.05, 0) is 20.9 Å². The Bertz CT molecular complexity index is 244. The summed E-state index contributed by atoms with van der Waals surface area (Å²) in [6.07, 6.45) is 0. The highest BCUT2D eigenvalue weighted by Gasteiger charge is 2.05. The summed E-state index contributed by atoms with van der Waals surface area (Å²) >= 11 is 1.50. The summed E-state index contributed by atoms with van der Waals surface area (Å²) in [4.78, 5) is 6.42. The van der Waals surface area contributed by atoms with Crippen LogP contribution in [0.3, 0.4) is 0 Å². The second-order valence-corrected chi connectivity index (χ2v) is 4.08. The van der Waals surface area contributed by atoms with Crippen molar-refractivity contribution in [2.24, 2.45) is 0 Å². The van der Waals surface area contributed by atoms with Crippen LogP contribution in [-0.4, -0.2) is 23.0 Å². The van der Waals surface area contributed by atoms with Crippen molar-refractivity contribution >= 4 is 16.5 Å². The number of hydrogen-bond donors (Lipinski definition) is 1. The van der Waals surface area contributed by atoms with Crippen LogP contribution in [0.5, 0.6) is 0 Å². The predicted octanol–water partition coefficient (Wildman–Crippen LogP) is 1.57. The Labute approximate surface area is 77.2 Å². The quantitative estimate of drug-likeness (QED) is 0.777. The maximum absolute atomic E-state index is 5.52. The first kappa shape index (κ1) is 9.48. The molecule has 0 aliphatic rings. The van der Waals surface area contributed by atoms with E-state index in [1.54, 1.807) is 0 Å². The average Bonchev–Trinajstić information content (AvgIpc) is 2.35. The first-order valence-electron chi connectivity index (χ1n) is 3.99. The Kier molecular flexibility index (Phi) is 3.05. The summed E-state index contributed by atoms with van der Waals surface area (Å²) < 4.78 is 0. The van der Waals surface area contributed by atoms with Crippen molar-refractivity contribution in [3.63, 3.8) is 0 Å². The maximum atomic E-state index is 5.52. The minimum absolute atomic E-state index is 0.549. The Balaban J connectivity index is 2.52. The third-order valence-electron chi connectivity index (χ3n) is 1.86. The molecule has 1 aromatic rings. The molecule has 1 aromatic heterocycles. The van der Waals surface area contributed by atoms with E-state index in [1.165, 1.54) is 11.3 Å². The fourth-order valence-corrected chi connectivity index (χ4v) is 1.39. The van der Waals surface area contributed by atoms with Gasteiger partial charge in [-0.3, -0.25) is 4.90 Å². The van der Waals surface area contributed by atoms with Crippen LogP contribution in [0.4, 0.5) is 5.13 Å². The molecular weight excluding hydrogens is 170 g/mol. The molecule has 0 saturated heterocycles. The van der Waals surface area contributed by atoms with Crippen LogP contribution in [-0.2, 0) is 6.54 Å². The second-order valence-electron chi connectivity index (χ2n) is 3.19. The van der Waals surface area contributed by atoms with Gasteiger partial charge in [0.2, 0.25) is 0 Å². The maximum Gasteiger partial charge on any atom is 0.180 e.